The third-order valence-electron chi connectivity index (χ3n) is 3.13. The number of carbonyl (C=O) groups excluding carboxylic acids is 2. The summed E-state index contributed by atoms with van der Waals surface area (Å²) in [5.74, 6) is -1.06. The van der Waals surface area contributed by atoms with Gasteiger partial charge in [-0.15, -0.1) is 0 Å². The first-order valence-electron chi connectivity index (χ1n) is 5.64. The Morgan fingerprint density at radius 1 is 1.53 bits per heavy atom. The largest absolute Gasteiger partial charge is 0.467 e. The van der Waals surface area contributed by atoms with Crippen molar-refractivity contribution in [2.75, 3.05) is 7.11 Å². The monoisotopic (exact) mass is 260 g/mol. The number of hydrogen-bond acceptors (Lipinski definition) is 4. The Bertz CT molecular complexity index is 553. The number of methoxy groups -OCH3 is 1. The molecular formula is C12H12N4O3. The number of hydrogen-bond donors (Lipinski definition) is 1. The average molecular weight is 260 g/mol. The number of benzene rings is 1. The molecule has 98 valence electrons. The molecule has 1 aromatic carbocycles. The van der Waals surface area contributed by atoms with Crippen molar-refractivity contribution in [1.82, 2.24) is 5.32 Å². The number of carbonyl (C=O) groups is 2. The highest BCUT2D eigenvalue weighted by Crippen LogP contribution is 2.34. The van der Waals surface area contributed by atoms with E-state index in [0.717, 1.165) is 0 Å². The minimum Gasteiger partial charge on any atom is -0.467 e. The number of amides is 1. The van der Waals surface area contributed by atoms with Gasteiger partial charge in [0.15, 0.2) is 5.54 Å². The number of ether oxygens (including phenoxy) is 1. The molecular weight excluding hydrogens is 248 g/mol. The maximum Gasteiger partial charge on any atom is 0.336 e. The van der Waals surface area contributed by atoms with Crippen molar-refractivity contribution < 1.29 is 14.3 Å². The molecule has 1 aromatic rings. The Hall–Kier alpha value is -2.53. The summed E-state index contributed by atoms with van der Waals surface area (Å²) in [7, 11) is 1.25. The molecule has 0 aromatic heterocycles. The van der Waals surface area contributed by atoms with Crippen molar-refractivity contribution in [3.8, 4) is 0 Å². The lowest BCUT2D eigenvalue weighted by atomic mass is 9.87. The summed E-state index contributed by atoms with van der Waals surface area (Å²) in [6, 6.07) is 7.84. The van der Waals surface area contributed by atoms with Crippen molar-refractivity contribution >= 4 is 11.9 Å². The van der Waals surface area contributed by atoms with Crippen LogP contribution in [0.15, 0.2) is 35.4 Å². The zero-order valence-electron chi connectivity index (χ0n) is 10.2. The maximum absolute atomic E-state index is 12.1. The summed E-state index contributed by atoms with van der Waals surface area (Å²) < 4.78 is 4.78. The Morgan fingerprint density at radius 2 is 2.21 bits per heavy atom. The third-order valence-corrected chi connectivity index (χ3v) is 3.13. The van der Waals surface area contributed by atoms with Crippen LogP contribution in [-0.2, 0) is 19.9 Å². The van der Waals surface area contributed by atoms with E-state index in [1.54, 1.807) is 30.3 Å². The normalized spacial score (nSPS) is 25.3. The highest BCUT2D eigenvalue weighted by Gasteiger charge is 2.51. The summed E-state index contributed by atoms with van der Waals surface area (Å²) in [5, 5.41) is 5.99. The van der Waals surface area contributed by atoms with Gasteiger partial charge in [0.1, 0.15) is 6.04 Å². The van der Waals surface area contributed by atoms with E-state index in [1.807, 2.05) is 0 Å². The van der Waals surface area contributed by atoms with E-state index >= 15 is 0 Å². The van der Waals surface area contributed by atoms with Gasteiger partial charge in [0.25, 0.3) is 0 Å². The van der Waals surface area contributed by atoms with Crippen LogP contribution in [0.5, 0.6) is 0 Å². The van der Waals surface area contributed by atoms with Gasteiger partial charge in [0, 0.05) is 11.3 Å². The Kier molecular flexibility index (Phi) is 3.39. The van der Waals surface area contributed by atoms with Gasteiger partial charge in [0.2, 0.25) is 5.91 Å². The summed E-state index contributed by atoms with van der Waals surface area (Å²) in [4.78, 5) is 26.5. The smallest absolute Gasteiger partial charge is 0.336 e. The topological polar surface area (TPSA) is 104 Å². The Labute approximate surface area is 109 Å². The SMILES string of the molecule is COC(=O)[C@]1(c2ccccc2)CC(N=[N+]=[N-])C(=O)N1. The fourth-order valence-electron chi connectivity index (χ4n) is 2.22. The van der Waals surface area contributed by atoms with Gasteiger partial charge < -0.3 is 10.1 Å². The van der Waals surface area contributed by atoms with E-state index in [2.05, 4.69) is 15.3 Å². The van der Waals surface area contributed by atoms with Gasteiger partial charge in [-0.05, 0) is 11.1 Å². The van der Waals surface area contributed by atoms with Crippen LogP contribution < -0.4 is 5.32 Å². The highest BCUT2D eigenvalue weighted by molar-refractivity contribution is 5.95. The highest BCUT2D eigenvalue weighted by atomic mass is 16.5. The lowest BCUT2D eigenvalue weighted by Crippen LogP contribution is -2.46. The van der Waals surface area contributed by atoms with Crippen LogP contribution in [0.3, 0.4) is 0 Å². The van der Waals surface area contributed by atoms with E-state index in [4.69, 9.17) is 10.3 Å². The lowest BCUT2D eigenvalue weighted by Gasteiger charge is -2.26. The Morgan fingerprint density at radius 3 is 2.79 bits per heavy atom. The van der Waals surface area contributed by atoms with Crippen LogP contribution in [0.25, 0.3) is 10.4 Å². The summed E-state index contributed by atoms with van der Waals surface area (Å²) in [6.45, 7) is 0. The second kappa shape index (κ2) is 4.99. The van der Waals surface area contributed by atoms with Gasteiger partial charge in [0.05, 0.1) is 7.11 Å². The van der Waals surface area contributed by atoms with Gasteiger partial charge in [-0.25, -0.2) is 4.79 Å². The van der Waals surface area contributed by atoms with Crippen molar-refractivity contribution in [3.63, 3.8) is 0 Å². The molecule has 19 heavy (non-hydrogen) atoms. The quantitative estimate of drug-likeness (QED) is 0.382. The van der Waals surface area contributed by atoms with Crippen molar-refractivity contribution in [2.45, 2.75) is 18.0 Å². The molecule has 1 unspecified atom stereocenters. The Balaban J connectivity index is 2.47. The second-order valence-electron chi connectivity index (χ2n) is 4.18. The first-order valence-corrected chi connectivity index (χ1v) is 5.64. The first-order chi connectivity index (χ1) is 9.14. The number of rotatable bonds is 3. The molecule has 0 aliphatic carbocycles. The van der Waals surface area contributed by atoms with Crippen molar-refractivity contribution in [3.05, 3.63) is 46.3 Å². The molecule has 1 aliphatic heterocycles. The van der Waals surface area contributed by atoms with E-state index in [1.165, 1.54) is 7.11 Å². The maximum atomic E-state index is 12.1. The zero-order chi connectivity index (χ0) is 13.9. The third kappa shape index (κ3) is 2.11. The number of azide groups is 1. The molecule has 1 aliphatic rings. The van der Waals surface area contributed by atoms with Gasteiger partial charge in [-0.2, -0.15) is 0 Å². The average Bonchev–Trinajstić information content (AvgIpc) is 2.78. The molecule has 2 atom stereocenters. The van der Waals surface area contributed by atoms with E-state index < -0.39 is 23.5 Å². The fourth-order valence-corrected chi connectivity index (χ4v) is 2.22. The minimum atomic E-state index is -1.29. The number of nitrogens with one attached hydrogen (secondary N) is 1. The van der Waals surface area contributed by atoms with Crippen LogP contribution >= 0.6 is 0 Å². The molecule has 1 amide bonds. The fraction of sp³-hybridized carbons (Fsp3) is 0.333. The van der Waals surface area contributed by atoms with Crippen LogP contribution in [0.2, 0.25) is 0 Å². The molecule has 1 saturated heterocycles. The van der Waals surface area contributed by atoms with E-state index in [0.29, 0.717) is 5.56 Å². The lowest BCUT2D eigenvalue weighted by molar-refractivity contribution is -0.149. The zero-order valence-corrected chi connectivity index (χ0v) is 10.2. The molecule has 1 heterocycles. The van der Waals surface area contributed by atoms with Crippen LogP contribution in [0, 0.1) is 0 Å². The van der Waals surface area contributed by atoms with Gasteiger partial charge >= 0.3 is 5.97 Å². The van der Waals surface area contributed by atoms with Crippen LogP contribution in [0.4, 0.5) is 0 Å². The molecule has 1 fully saturated rings. The van der Waals surface area contributed by atoms with Gasteiger partial charge in [-0.3, -0.25) is 4.79 Å². The summed E-state index contributed by atoms with van der Waals surface area (Å²) >= 11 is 0. The van der Waals surface area contributed by atoms with Crippen molar-refractivity contribution in [2.24, 2.45) is 5.11 Å². The molecule has 0 radical (unpaired) electrons. The van der Waals surface area contributed by atoms with E-state index in [-0.39, 0.29) is 6.42 Å². The van der Waals surface area contributed by atoms with E-state index in [9.17, 15) is 9.59 Å². The number of esters is 1. The molecule has 0 bridgehead atoms. The predicted octanol–water partition coefficient (Wildman–Crippen LogP) is 1.25. The molecule has 7 heteroatoms. The van der Waals surface area contributed by atoms with Crippen molar-refractivity contribution in [1.29, 1.82) is 0 Å². The summed E-state index contributed by atoms with van der Waals surface area (Å²) in [6.07, 6.45) is 0.0482. The first kappa shape index (κ1) is 12.9. The summed E-state index contributed by atoms with van der Waals surface area (Å²) in [5.41, 5.74) is 7.76. The predicted molar refractivity (Wildman–Crippen MR) is 65.8 cm³/mol. The van der Waals surface area contributed by atoms with Gasteiger partial charge in [-0.1, -0.05) is 35.4 Å². The second-order valence-corrected chi connectivity index (χ2v) is 4.18. The standard InChI is InChI=1S/C12H12N4O3/c1-19-11(18)12(8-5-3-2-4-6-8)7-9(15-16-13)10(17)14-12/h2-6,9H,7H2,1H3,(H,14,17)/t9?,12-/m1/s1. The molecule has 0 saturated carbocycles. The molecule has 7 nitrogen and oxygen atoms in total. The van der Waals surface area contributed by atoms with Crippen LogP contribution in [-0.4, -0.2) is 25.0 Å². The van der Waals surface area contributed by atoms with Crippen LogP contribution in [0.1, 0.15) is 12.0 Å². The number of nitrogens with zero attached hydrogens (tertiary/aromatic N) is 3. The molecule has 1 N–H and O–H groups in total. The molecule has 0 spiro atoms. The minimum absolute atomic E-state index is 0.0482. The molecule has 2 rings (SSSR count).